The number of aromatic nitrogens is 3. The number of nitrogens with zero attached hydrogens (tertiary/aromatic N) is 4. The molecule has 0 aromatic carbocycles. The third-order valence-electron chi connectivity index (χ3n) is 4.92. The Morgan fingerprint density at radius 3 is 2.39 bits per heavy atom. The molecule has 11 heteroatoms. The highest BCUT2D eigenvalue weighted by Gasteiger charge is 2.38. The lowest BCUT2D eigenvalue weighted by atomic mass is 10.1. The van der Waals surface area contributed by atoms with E-state index in [1.54, 1.807) is 0 Å². The van der Waals surface area contributed by atoms with E-state index in [4.69, 9.17) is 9.90 Å². The normalized spacial score (nSPS) is 17.1. The number of carboxylic acid groups (broad SMARTS) is 1. The Morgan fingerprint density at radius 1 is 1.23 bits per heavy atom. The van der Waals surface area contributed by atoms with Crippen molar-refractivity contribution in [2.75, 3.05) is 19.6 Å². The van der Waals surface area contributed by atoms with E-state index >= 15 is 0 Å². The number of carboxylic acids is 1. The smallest absolute Gasteiger partial charge is 0.475 e. The molecule has 1 aliphatic heterocycles. The number of rotatable bonds is 5. The average molecular weight is 443 g/mol. The third-order valence-corrected chi connectivity index (χ3v) is 4.92. The van der Waals surface area contributed by atoms with Gasteiger partial charge in [0.2, 0.25) is 0 Å². The molecule has 31 heavy (non-hydrogen) atoms. The van der Waals surface area contributed by atoms with Gasteiger partial charge in [-0.3, -0.25) is 9.20 Å². The Balaban J connectivity index is 0.000000423. The number of pyridine rings is 1. The molecule has 0 aliphatic carbocycles. The molecule has 172 valence electrons. The number of halogens is 3. The number of alkyl halides is 3. The largest absolute Gasteiger partial charge is 0.490 e. The van der Waals surface area contributed by atoms with Gasteiger partial charge < -0.3 is 15.3 Å². The first-order chi connectivity index (χ1) is 14.4. The molecule has 1 unspecified atom stereocenters. The van der Waals surface area contributed by atoms with Crippen molar-refractivity contribution in [2.45, 2.75) is 52.3 Å². The molecule has 2 N–H and O–H groups in total. The lowest BCUT2D eigenvalue weighted by Crippen LogP contribution is -2.28. The predicted octanol–water partition coefficient (Wildman–Crippen LogP) is 2.95. The molecule has 0 radical (unpaired) electrons. The number of hydrogen-bond acceptors (Lipinski definition) is 5. The maximum atomic E-state index is 12.3. The zero-order valence-corrected chi connectivity index (χ0v) is 18.0. The fourth-order valence-corrected chi connectivity index (χ4v) is 3.19. The van der Waals surface area contributed by atoms with Gasteiger partial charge in [-0.2, -0.15) is 13.2 Å². The van der Waals surface area contributed by atoms with Crippen LogP contribution in [0.25, 0.3) is 5.65 Å². The zero-order chi connectivity index (χ0) is 23.3. The van der Waals surface area contributed by atoms with Gasteiger partial charge in [-0.05, 0) is 44.9 Å². The zero-order valence-electron chi connectivity index (χ0n) is 18.0. The average Bonchev–Trinajstić information content (AvgIpc) is 3.32. The summed E-state index contributed by atoms with van der Waals surface area (Å²) in [5, 5.41) is 18.8. The lowest BCUT2D eigenvalue weighted by Gasteiger charge is -2.19. The maximum Gasteiger partial charge on any atom is 0.490 e. The van der Waals surface area contributed by atoms with Crippen molar-refractivity contribution in [1.29, 1.82) is 0 Å². The number of carbonyl (C=O) groups excluding carboxylic acids is 1. The number of nitrogens with one attached hydrogen (secondary N) is 1. The van der Waals surface area contributed by atoms with Crippen LogP contribution in [0.15, 0.2) is 18.3 Å². The fraction of sp³-hybridized carbons (Fsp3) is 0.600. The van der Waals surface area contributed by atoms with E-state index in [2.05, 4.69) is 48.1 Å². The van der Waals surface area contributed by atoms with Crippen LogP contribution in [0.2, 0.25) is 0 Å². The van der Waals surface area contributed by atoms with Crippen molar-refractivity contribution < 1.29 is 27.9 Å². The van der Waals surface area contributed by atoms with Gasteiger partial charge in [0.25, 0.3) is 5.91 Å². The minimum absolute atomic E-state index is 0.0412. The summed E-state index contributed by atoms with van der Waals surface area (Å²) in [6.45, 7) is 11.4. The van der Waals surface area contributed by atoms with Crippen LogP contribution >= 0.6 is 0 Å². The van der Waals surface area contributed by atoms with Gasteiger partial charge in [-0.25, -0.2) is 4.79 Å². The number of likely N-dealkylation sites (tertiary alicyclic amines) is 1. The maximum absolute atomic E-state index is 12.3. The standard InChI is InChI=1S/C18H27N5O.C2HF3O2/c1-12(2)9-19-18(24)15-5-6-16-20-21-17(23(16)11-15)14-7-8-22(10-14)13(3)4;3-2(4,5)1(6)7/h5-6,11-14H,7-10H2,1-4H3,(H,19,24);(H,6,7). The molecule has 8 nitrogen and oxygen atoms in total. The first-order valence-electron chi connectivity index (χ1n) is 10.1. The Labute approximate surface area is 178 Å². The van der Waals surface area contributed by atoms with Crippen LogP contribution < -0.4 is 5.32 Å². The summed E-state index contributed by atoms with van der Waals surface area (Å²) in [4.78, 5) is 23.7. The molecule has 0 saturated carbocycles. The van der Waals surface area contributed by atoms with Crippen LogP contribution in [0.3, 0.4) is 0 Å². The molecule has 0 spiro atoms. The van der Waals surface area contributed by atoms with Gasteiger partial charge in [0.05, 0.1) is 5.56 Å². The Hall–Kier alpha value is -2.69. The minimum Gasteiger partial charge on any atom is -0.475 e. The predicted molar refractivity (Wildman–Crippen MR) is 108 cm³/mol. The summed E-state index contributed by atoms with van der Waals surface area (Å²) in [5.41, 5.74) is 1.45. The number of hydrogen-bond donors (Lipinski definition) is 2. The summed E-state index contributed by atoms with van der Waals surface area (Å²) < 4.78 is 33.7. The summed E-state index contributed by atoms with van der Waals surface area (Å²) in [7, 11) is 0. The molecule has 2 aromatic heterocycles. The molecule has 1 fully saturated rings. The molecule has 3 heterocycles. The molecular weight excluding hydrogens is 415 g/mol. The van der Waals surface area contributed by atoms with Crippen LogP contribution in [0.4, 0.5) is 13.2 Å². The van der Waals surface area contributed by atoms with E-state index in [0.29, 0.717) is 30.0 Å². The van der Waals surface area contributed by atoms with Crippen molar-refractivity contribution in [3.05, 3.63) is 29.7 Å². The van der Waals surface area contributed by atoms with Gasteiger partial charge in [0, 0.05) is 31.2 Å². The van der Waals surface area contributed by atoms with E-state index in [1.807, 2.05) is 22.7 Å². The summed E-state index contributed by atoms with van der Waals surface area (Å²) in [5.74, 6) is -1.03. The number of carbonyl (C=O) groups is 2. The van der Waals surface area contributed by atoms with Crippen molar-refractivity contribution in [1.82, 2.24) is 24.8 Å². The van der Waals surface area contributed by atoms with Crippen LogP contribution in [0, 0.1) is 5.92 Å². The van der Waals surface area contributed by atoms with Crippen molar-refractivity contribution >= 4 is 17.5 Å². The summed E-state index contributed by atoms with van der Waals surface area (Å²) >= 11 is 0. The second-order valence-corrected chi connectivity index (χ2v) is 8.19. The topological polar surface area (TPSA) is 99.8 Å². The van der Waals surface area contributed by atoms with Crippen LogP contribution in [0.5, 0.6) is 0 Å². The van der Waals surface area contributed by atoms with Gasteiger partial charge >= 0.3 is 12.1 Å². The second-order valence-electron chi connectivity index (χ2n) is 8.19. The van der Waals surface area contributed by atoms with Gasteiger partial charge in [-0.1, -0.05) is 13.8 Å². The summed E-state index contributed by atoms with van der Waals surface area (Å²) in [6.07, 6.45) is -2.12. The molecule has 1 amide bonds. The third kappa shape index (κ3) is 6.65. The van der Waals surface area contributed by atoms with Gasteiger partial charge in [0.1, 0.15) is 5.82 Å². The van der Waals surface area contributed by atoms with Crippen LogP contribution in [0.1, 0.15) is 56.2 Å². The highest BCUT2D eigenvalue weighted by atomic mass is 19.4. The van der Waals surface area contributed by atoms with E-state index < -0.39 is 12.1 Å². The molecule has 0 bridgehead atoms. The molecule has 2 aromatic rings. The molecular formula is C20H28F3N5O3. The molecule has 1 aliphatic rings. The molecule has 1 atom stereocenters. The Bertz CT molecular complexity index is 911. The first kappa shape index (κ1) is 24.6. The van der Waals surface area contributed by atoms with Crippen molar-refractivity contribution in [2.24, 2.45) is 5.92 Å². The van der Waals surface area contributed by atoms with E-state index in [1.165, 1.54) is 0 Å². The fourth-order valence-electron chi connectivity index (χ4n) is 3.19. The first-order valence-corrected chi connectivity index (χ1v) is 10.1. The SMILES string of the molecule is CC(C)CNC(=O)c1ccc2nnc(C3CCN(C(C)C)C3)n2c1.O=C(O)C(F)(F)F. The van der Waals surface area contributed by atoms with Crippen molar-refractivity contribution in [3.63, 3.8) is 0 Å². The van der Waals surface area contributed by atoms with E-state index in [-0.39, 0.29) is 5.91 Å². The molecule has 1 saturated heterocycles. The Morgan fingerprint density at radius 2 is 1.87 bits per heavy atom. The molecule has 3 rings (SSSR count). The van der Waals surface area contributed by atoms with Gasteiger partial charge in [0.15, 0.2) is 5.65 Å². The van der Waals surface area contributed by atoms with E-state index in [9.17, 15) is 18.0 Å². The van der Waals surface area contributed by atoms with Crippen molar-refractivity contribution in [3.8, 4) is 0 Å². The second kappa shape index (κ2) is 10.1. The monoisotopic (exact) mass is 443 g/mol. The summed E-state index contributed by atoms with van der Waals surface area (Å²) in [6, 6.07) is 4.24. The quantitative estimate of drug-likeness (QED) is 0.737. The highest BCUT2D eigenvalue weighted by Crippen LogP contribution is 2.27. The minimum atomic E-state index is -5.08. The van der Waals surface area contributed by atoms with Crippen LogP contribution in [-0.4, -0.2) is 68.3 Å². The van der Waals surface area contributed by atoms with E-state index in [0.717, 1.165) is 31.0 Å². The lowest BCUT2D eigenvalue weighted by molar-refractivity contribution is -0.192. The number of fused-ring (bicyclic) bond motifs is 1. The number of aliphatic carboxylic acids is 1. The van der Waals surface area contributed by atoms with Gasteiger partial charge in [-0.15, -0.1) is 10.2 Å². The Kier molecular flexibility index (Phi) is 7.99. The highest BCUT2D eigenvalue weighted by molar-refractivity contribution is 5.94. The number of amides is 1. The van der Waals surface area contributed by atoms with Crippen LogP contribution in [-0.2, 0) is 4.79 Å².